The molecule has 1 aromatic heterocycles. The minimum atomic E-state index is 0.227. The lowest BCUT2D eigenvalue weighted by Gasteiger charge is -2.22. The van der Waals surface area contributed by atoms with Gasteiger partial charge in [0.1, 0.15) is 11.8 Å². The summed E-state index contributed by atoms with van der Waals surface area (Å²) in [5.41, 5.74) is 5.68. The quantitative estimate of drug-likeness (QED) is 0.774. The zero-order valence-corrected chi connectivity index (χ0v) is 9.07. The van der Waals surface area contributed by atoms with Crippen molar-refractivity contribution >= 4 is 17.6 Å². The van der Waals surface area contributed by atoms with Gasteiger partial charge < -0.3 is 15.2 Å². The number of thioether (sulfide) groups is 1. The first-order valence-electron chi connectivity index (χ1n) is 4.75. The van der Waals surface area contributed by atoms with E-state index in [-0.39, 0.29) is 6.10 Å². The highest BCUT2D eigenvalue weighted by molar-refractivity contribution is 7.99. The third-order valence-electron chi connectivity index (χ3n) is 2.07. The van der Waals surface area contributed by atoms with Crippen molar-refractivity contribution in [1.82, 2.24) is 9.97 Å². The number of aromatic nitrogens is 2. The zero-order valence-electron chi connectivity index (χ0n) is 8.26. The number of anilines is 1. The number of nitrogens with two attached hydrogens (primary N) is 1. The van der Waals surface area contributed by atoms with Crippen LogP contribution in [0.3, 0.4) is 0 Å². The number of rotatable bonds is 3. The number of nitrogens with zero attached hydrogens (tertiary/aromatic N) is 2. The fourth-order valence-electron chi connectivity index (χ4n) is 1.25. The Labute approximate surface area is 92.4 Å². The summed E-state index contributed by atoms with van der Waals surface area (Å²) in [4.78, 5) is 8.12. The van der Waals surface area contributed by atoms with Gasteiger partial charge in [0.05, 0.1) is 12.7 Å². The Bertz CT molecular complexity index is 318. The second kappa shape index (κ2) is 5.29. The molecule has 15 heavy (non-hydrogen) atoms. The SMILES string of the molecule is Nc1nccnc1SCC1CCOCO1. The second-order valence-electron chi connectivity index (χ2n) is 3.16. The number of ether oxygens (including phenoxy) is 2. The molecule has 0 saturated carbocycles. The van der Waals surface area contributed by atoms with Crippen LogP contribution in [-0.4, -0.2) is 35.2 Å². The van der Waals surface area contributed by atoms with E-state index in [9.17, 15) is 0 Å². The zero-order chi connectivity index (χ0) is 10.5. The Morgan fingerprint density at radius 2 is 2.33 bits per heavy atom. The maximum atomic E-state index is 5.68. The number of nitrogen functional groups attached to an aromatic ring is 1. The van der Waals surface area contributed by atoms with Gasteiger partial charge in [-0.3, -0.25) is 0 Å². The molecule has 0 aliphatic carbocycles. The maximum absolute atomic E-state index is 5.68. The van der Waals surface area contributed by atoms with E-state index in [1.807, 2.05) is 0 Å². The summed E-state index contributed by atoms with van der Waals surface area (Å²) in [6.07, 6.45) is 4.38. The highest BCUT2D eigenvalue weighted by Crippen LogP contribution is 2.22. The standard InChI is InChI=1S/C9H13N3O2S/c10-8-9(12-3-2-11-8)15-5-7-1-4-13-6-14-7/h2-3,7H,1,4-6H2,(H2,10,11). The molecule has 1 aromatic rings. The van der Waals surface area contributed by atoms with E-state index >= 15 is 0 Å². The normalized spacial score (nSPS) is 21.5. The third kappa shape index (κ3) is 3.05. The van der Waals surface area contributed by atoms with Crippen LogP contribution in [0.25, 0.3) is 0 Å². The lowest BCUT2D eigenvalue weighted by atomic mass is 10.3. The summed E-state index contributed by atoms with van der Waals surface area (Å²) in [6, 6.07) is 0. The van der Waals surface area contributed by atoms with E-state index in [1.165, 1.54) is 0 Å². The summed E-state index contributed by atoms with van der Waals surface area (Å²) in [5.74, 6) is 1.32. The van der Waals surface area contributed by atoms with Crippen LogP contribution in [-0.2, 0) is 9.47 Å². The average molecular weight is 227 g/mol. The molecule has 0 amide bonds. The van der Waals surface area contributed by atoms with Crippen LogP contribution in [0.2, 0.25) is 0 Å². The van der Waals surface area contributed by atoms with Gasteiger partial charge in [0.2, 0.25) is 0 Å². The Kier molecular flexibility index (Phi) is 3.76. The van der Waals surface area contributed by atoms with Crippen LogP contribution in [0.15, 0.2) is 17.4 Å². The average Bonchev–Trinajstić information content (AvgIpc) is 2.29. The summed E-state index contributed by atoms with van der Waals surface area (Å²) in [5, 5.41) is 0.771. The van der Waals surface area contributed by atoms with E-state index in [0.29, 0.717) is 12.6 Å². The van der Waals surface area contributed by atoms with Crippen molar-refractivity contribution in [3.63, 3.8) is 0 Å². The first kappa shape index (κ1) is 10.7. The van der Waals surface area contributed by atoms with Gasteiger partial charge in [0.15, 0.2) is 5.82 Å². The first-order valence-corrected chi connectivity index (χ1v) is 5.73. The molecule has 0 spiro atoms. The molecule has 1 fully saturated rings. The molecule has 1 aliphatic rings. The van der Waals surface area contributed by atoms with Gasteiger partial charge >= 0.3 is 0 Å². The van der Waals surface area contributed by atoms with Crippen LogP contribution in [0.1, 0.15) is 6.42 Å². The summed E-state index contributed by atoms with van der Waals surface area (Å²) in [6.45, 7) is 1.16. The highest BCUT2D eigenvalue weighted by atomic mass is 32.2. The molecule has 1 unspecified atom stereocenters. The maximum Gasteiger partial charge on any atom is 0.156 e. The Hall–Kier alpha value is -0.850. The molecule has 0 aromatic carbocycles. The van der Waals surface area contributed by atoms with E-state index in [0.717, 1.165) is 23.8 Å². The first-order chi connectivity index (χ1) is 7.36. The van der Waals surface area contributed by atoms with Gasteiger partial charge in [-0.2, -0.15) is 0 Å². The molecular formula is C9H13N3O2S. The molecule has 5 nitrogen and oxygen atoms in total. The lowest BCUT2D eigenvalue weighted by molar-refractivity contribution is -0.130. The van der Waals surface area contributed by atoms with Crippen LogP contribution < -0.4 is 5.73 Å². The van der Waals surface area contributed by atoms with Crippen molar-refractivity contribution in [1.29, 1.82) is 0 Å². The molecule has 0 bridgehead atoms. The van der Waals surface area contributed by atoms with Crippen molar-refractivity contribution in [2.75, 3.05) is 24.9 Å². The van der Waals surface area contributed by atoms with Crippen molar-refractivity contribution in [3.05, 3.63) is 12.4 Å². The largest absolute Gasteiger partial charge is 0.381 e. The van der Waals surface area contributed by atoms with Gasteiger partial charge in [-0.15, -0.1) is 0 Å². The van der Waals surface area contributed by atoms with Crippen LogP contribution in [0.5, 0.6) is 0 Å². The van der Waals surface area contributed by atoms with Gasteiger partial charge in [0, 0.05) is 18.1 Å². The predicted octanol–water partition coefficient (Wildman–Crippen LogP) is 0.914. The van der Waals surface area contributed by atoms with Crippen molar-refractivity contribution < 1.29 is 9.47 Å². The van der Waals surface area contributed by atoms with Crippen molar-refractivity contribution in [3.8, 4) is 0 Å². The monoisotopic (exact) mass is 227 g/mol. The molecule has 0 radical (unpaired) electrons. The van der Waals surface area contributed by atoms with Crippen LogP contribution in [0, 0.1) is 0 Å². The molecule has 82 valence electrons. The van der Waals surface area contributed by atoms with Gasteiger partial charge in [-0.1, -0.05) is 11.8 Å². The van der Waals surface area contributed by atoms with Gasteiger partial charge in [-0.25, -0.2) is 9.97 Å². The number of hydrogen-bond acceptors (Lipinski definition) is 6. The number of hydrogen-bond donors (Lipinski definition) is 1. The van der Waals surface area contributed by atoms with Crippen molar-refractivity contribution in [2.45, 2.75) is 17.6 Å². The molecule has 6 heteroatoms. The summed E-state index contributed by atoms with van der Waals surface area (Å²) in [7, 11) is 0. The second-order valence-corrected chi connectivity index (χ2v) is 4.17. The molecule has 2 rings (SSSR count). The van der Waals surface area contributed by atoms with Gasteiger partial charge in [0.25, 0.3) is 0 Å². The minimum Gasteiger partial charge on any atom is -0.381 e. The van der Waals surface area contributed by atoms with E-state index in [4.69, 9.17) is 15.2 Å². The molecular weight excluding hydrogens is 214 g/mol. The highest BCUT2D eigenvalue weighted by Gasteiger charge is 2.15. The molecule has 1 atom stereocenters. The van der Waals surface area contributed by atoms with E-state index in [2.05, 4.69) is 9.97 Å². The van der Waals surface area contributed by atoms with Gasteiger partial charge in [-0.05, 0) is 6.42 Å². The molecule has 2 heterocycles. The minimum absolute atomic E-state index is 0.227. The Balaban J connectivity index is 1.84. The van der Waals surface area contributed by atoms with Crippen molar-refractivity contribution in [2.24, 2.45) is 0 Å². The fourth-order valence-corrected chi connectivity index (χ4v) is 2.19. The summed E-state index contributed by atoms with van der Waals surface area (Å²) >= 11 is 1.57. The summed E-state index contributed by atoms with van der Waals surface area (Å²) < 4.78 is 10.5. The third-order valence-corrected chi connectivity index (χ3v) is 3.19. The van der Waals surface area contributed by atoms with Crippen LogP contribution in [0.4, 0.5) is 5.82 Å². The lowest BCUT2D eigenvalue weighted by Crippen LogP contribution is -2.25. The smallest absolute Gasteiger partial charge is 0.156 e. The van der Waals surface area contributed by atoms with E-state index < -0.39 is 0 Å². The molecule has 1 saturated heterocycles. The molecule has 1 aliphatic heterocycles. The van der Waals surface area contributed by atoms with Crippen LogP contribution >= 0.6 is 11.8 Å². The molecule has 2 N–H and O–H groups in total. The van der Waals surface area contributed by atoms with E-state index in [1.54, 1.807) is 24.2 Å². The Morgan fingerprint density at radius 3 is 3.07 bits per heavy atom. The predicted molar refractivity (Wildman–Crippen MR) is 57.5 cm³/mol. The Morgan fingerprint density at radius 1 is 1.47 bits per heavy atom. The topological polar surface area (TPSA) is 70.3 Å². The fraction of sp³-hybridized carbons (Fsp3) is 0.556.